The molecule has 0 spiro atoms. The molecule has 0 unspecified atom stereocenters. The van der Waals surface area contributed by atoms with Gasteiger partial charge in [0.1, 0.15) is 11.4 Å². The predicted octanol–water partition coefficient (Wildman–Crippen LogP) is 5.23. The number of hydrogen-bond acceptors (Lipinski definition) is 7. The first-order valence-corrected chi connectivity index (χ1v) is 14.2. The second-order valence-corrected chi connectivity index (χ2v) is 11.1. The summed E-state index contributed by atoms with van der Waals surface area (Å²) in [6, 6.07) is 16.8. The van der Waals surface area contributed by atoms with Crippen molar-refractivity contribution in [2.24, 2.45) is 0 Å². The maximum Gasteiger partial charge on any atom is 0.277 e. The molecule has 1 N–H and O–H groups in total. The molecule has 8 nitrogen and oxygen atoms in total. The molecule has 1 aliphatic heterocycles. The molecule has 200 valence electrons. The van der Waals surface area contributed by atoms with Crippen LogP contribution in [0.4, 0.5) is 5.69 Å². The summed E-state index contributed by atoms with van der Waals surface area (Å²) >= 11 is 1.03. The highest BCUT2D eigenvalue weighted by Crippen LogP contribution is 2.48. The largest absolute Gasteiger partial charge is 0.497 e. The van der Waals surface area contributed by atoms with E-state index in [1.807, 2.05) is 29.2 Å². The highest BCUT2D eigenvalue weighted by Gasteiger charge is 2.44. The standard InChI is InChI=1S/C29H34N4O4S/c1-35-24-13-11-23(12-14-24)33-26-25(27(31-33)38-37-36-2)15-18-32(28(26)34)22-9-7-20(8-10-22)29(16-17-29)19-30-21-5-3-4-6-21/h7-14,21,30H,3-6,15-19H2,1-2H3. The van der Waals surface area contributed by atoms with Crippen LogP contribution in [0, 0.1) is 0 Å². The van der Waals surface area contributed by atoms with Crippen molar-refractivity contribution in [1.82, 2.24) is 15.1 Å². The van der Waals surface area contributed by atoms with Gasteiger partial charge in [0, 0.05) is 35.8 Å². The molecule has 3 aromatic rings. The van der Waals surface area contributed by atoms with E-state index < -0.39 is 0 Å². The molecular weight excluding hydrogens is 500 g/mol. The van der Waals surface area contributed by atoms with Gasteiger partial charge in [-0.3, -0.25) is 4.79 Å². The second kappa shape index (κ2) is 10.7. The summed E-state index contributed by atoms with van der Waals surface area (Å²) in [5.41, 5.74) is 4.73. The molecule has 2 fully saturated rings. The van der Waals surface area contributed by atoms with E-state index in [4.69, 9.17) is 19.1 Å². The first-order chi connectivity index (χ1) is 18.6. The Balaban J connectivity index is 1.25. The molecule has 0 saturated heterocycles. The maximum atomic E-state index is 13.9. The quantitative estimate of drug-likeness (QED) is 0.217. The lowest BCUT2D eigenvalue weighted by Gasteiger charge is -2.28. The van der Waals surface area contributed by atoms with Crippen LogP contribution in [0.5, 0.6) is 5.75 Å². The van der Waals surface area contributed by atoms with E-state index in [0.717, 1.165) is 41.3 Å². The zero-order chi connectivity index (χ0) is 26.1. The Bertz CT molecular complexity index is 1280. The third-order valence-electron chi connectivity index (χ3n) is 8.21. The maximum absolute atomic E-state index is 13.9. The van der Waals surface area contributed by atoms with Gasteiger partial charge in [0.05, 0.1) is 31.9 Å². The summed E-state index contributed by atoms with van der Waals surface area (Å²) in [5, 5.41) is 9.17. The zero-order valence-corrected chi connectivity index (χ0v) is 22.8. The number of rotatable bonds is 10. The minimum atomic E-state index is -0.0735. The Kier molecular flexibility index (Phi) is 7.18. The van der Waals surface area contributed by atoms with E-state index in [2.05, 4.69) is 29.6 Å². The normalized spacial score (nSPS) is 18.6. The van der Waals surface area contributed by atoms with Crippen LogP contribution in [0.3, 0.4) is 0 Å². The van der Waals surface area contributed by atoms with Crippen molar-refractivity contribution in [2.45, 2.75) is 61.4 Å². The van der Waals surface area contributed by atoms with Crippen molar-refractivity contribution in [3.8, 4) is 11.4 Å². The van der Waals surface area contributed by atoms with E-state index >= 15 is 0 Å². The predicted molar refractivity (Wildman–Crippen MR) is 147 cm³/mol. The molecule has 38 heavy (non-hydrogen) atoms. The molecule has 2 aliphatic carbocycles. The number of ether oxygens (including phenoxy) is 1. The summed E-state index contributed by atoms with van der Waals surface area (Å²) in [4.78, 5) is 20.6. The summed E-state index contributed by atoms with van der Waals surface area (Å²) in [6.07, 6.45) is 8.43. The third-order valence-corrected chi connectivity index (χ3v) is 8.90. The van der Waals surface area contributed by atoms with Gasteiger partial charge in [0.15, 0.2) is 5.03 Å². The third kappa shape index (κ3) is 4.84. The molecule has 2 aromatic carbocycles. The number of nitrogens with zero attached hydrogens (tertiary/aromatic N) is 3. The van der Waals surface area contributed by atoms with Crippen molar-refractivity contribution in [3.05, 3.63) is 65.4 Å². The van der Waals surface area contributed by atoms with Crippen molar-refractivity contribution >= 4 is 23.6 Å². The Morgan fingerprint density at radius 1 is 1.03 bits per heavy atom. The van der Waals surface area contributed by atoms with Gasteiger partial charge in [-0.25, -0.2) is 9.57 Å². The van der Waals surface area contributed by atoms with E-state index in [0.29, 0.717) is 29.7 Å². The number of nitrogens with one attached hydrogen (secondary N) is 1. The van der Waals surface area contributed by atoms with Crippen LogP contribution in [0.1, 0.15) is 60.1 Å². The molecule has 1 aromatic heterocycles. The monoisotopic (exact) mass is 534 g/mol. The number of carbonyl (C=O) groups excluding carboxylic acids is 1. The van der Waals surface area contributed by atoms with Gasteiger partial charge in [-0.05, 0) is 74.1 Å². The number of fused-ring (bicyclic) bond motifs is 1. The van der Waals surface area contributed by atoms with Crippen LogP contribution in [0.25, 0.3) is 5.69 Å². The van der Waals surface area contributed by atoms with Crippen LogP contribution in [0.15, 0.2) is 53.6 Å². The lowest BCUT2D eigenvalue weighted by Crippen LogP contribution is -2.39. The van der Waals surface area contributed by atoms with Gasteiger partial charge < -0.3 is 15.0 Å². The fourth-order valence-electron chi connectivity index (χ4n) is 5.80. The molecule has 2 saturated carbocycles. The first kappa shape index (κ1) is 25.4. The molecule has 0 radical (unpaired) electrons. The van der Waals surface area contributed by atoms with Crippen molar-refractivity contribution < 1.29 is 18.8 Å². The molecule has 2 heterocycles. The Labute approximate surface area is 227 Å². The second-order valence-electron chi connectivity index (χ2n) is 10.5. The number of carbonyl (C=O) groups is 1. The fraction of sp³-hybridized carbons (Fsp3) is 0.448. The Morgan fingerprint density at radius 3 is 2.39 bits per heavy atom. The van der Waals surface area contributed by atoms with Crippen LogP contribution in [-0.4, -0.2) is 49.0 Å². The molecule has 3 aliphatic rings. The van der Waals surface area contributed by atoms with Crippen molar-refractivity contribution in [3.63, 3.8) is 0 Å². The first-order valence-electron chi connectivity index (χ1n) is 13.4. The van der Waals surface area contributed by atoms with Crippen LogP contribution in [0.2, 0.25) is 0 Å². The Morgan fingerprint density at radius 2 is 1.74 bits per heavy atom. The smallest absolute Gasteiger partial charge is 0.277 e. The van der Waals surface area contributed by atoms with Gasteiger partial charge in [-0.2, -0.15) is 9.43 Å². The highest BCUT2D eigenvalue weighted by atomic mass is 32.2. The minimum Gasteiger partial charge on any atom is -0.497 e. The topological polar surface area (TPSA) is 77.9 Å². The summed E-state index contributed by atoms with van der Waals surface area (Å²) in [7, 11) is 3.08. The van der Waals surface area contributed by atoms with E-state index in [-0.39, 0.29) is 11.3 Å². The summed E-state index contributed by atoms with van der Waals surface area (Å²) in [6.45, 7) is 1.63. The number of aromatic nitrogens is 2. The van der Waals surface area contributed by atoms with Gasteiger partial charge in [0.2, 0.25) is 0 Å². The van der Waals surface area contributed by atoms with E-state index in [9.17, 15) is 4.79 Å². The SMILES string of the molecule is COOSc1nn(-c2ccc(OC)cc2)c2c1CCN(c1ccc(C3(CNC4CCCC4)CC3)cc1)C2=O. The number of amides is 1. The fourth-order valence-corrected chi connectivity index (χ4v) is 6.35. The van der Waals surface area contributed by atoms with Crippen molar-refractivity contribution in [1.29, 1.82) is 0 Å². The molecule has 0 bridgehead atoms. The van der Waals surface area contributed by atoms with Crippen LogP contribution >= 0.6 is 12.0 Å². The number of hydrogen-bond donors (Lipinski definition) is 1. The lowest BCUT2D eigenvalue weighted by molar-refractivity contribution is -0.160. The average molecular weight is 535 g/mol. The van der Waals surface area contributed by atoms with Gasteiger partial charge >= 0.3 is 0 Å². The van der Waals surface area contributed by atoms with E-state index in [1.54, 1.807) is 11.8 Å². The van der Waals surface area contributed by atoms with Gasteiger partial charge in [0.25, 0.3) is 5.91 Å². The van der Waals surface area contributed by atoms with E-state index in [1.165, 1.54) is 51.2 Å². The van der Waals surface area contributed by atoms with Gasteiger partial charge in [-0.15, -0.1) is 0 Å². The number of benzene rings is 2. The molecule has 0 atom stereocenters. The van der Waals surface area contributed by atoms with Crippen LogP contribution < -0.4 is 15.0 Å². The lowest BCUT2D eigenvalue weighted by atomic mass is 9.95. The summed E-state index contributed by atoms with van der Waals surface area (Å²) < 4.78 is 12.1. The zero-order valence-electron chi connectivity index (χ0n) is 21.9. The molecule has 9 heteroatoms. The van der Waals surface area contributed by atoms with Crippen molar-refractivity contribution in [2.75, 3.05) is 32.2 Å². The molecule has 6 rings (SSSR count). The number of methoxy groups -OCH3 is 1. The van der Waals surface area contributed by atoms with Gasteiger partial charge in [-0.1, -0.05) is 25.0 Å². The number of anilines is 1. The van der Waals surface area contributed by atoms with Crippen LogP contribution in [-0.2, 0) is 21.1 Å². The molecule has 1 amide bonds. The molecular formula is C29H34N4O4S. The minimum absolute atomic E-state index is 0.0735. The Hall–Kier alpha value is -2.85. The highest BCUT2D eigenvalue weighted by molar-refractivity contribution is 7.94. The average Bonchev–Trinajstić information content (AvgIpc) is 3.38. The summed E-state index contributed by atoms with van der Waals surface area (Å²) in [5.74, 6) is 0.669.